The van der Waals surface area contributed by atoms with Gasteiger partial charge >= 0.3 is 5.97 Å². The molecule has 1 aromatic heterocycles. The molecule has 1 N–H and O–H groups in total. The third-order valence-electron chi connectivity index (χ3n) is 2.53. The first-order valence-electron chi connectivity index (χ1n) is 5.83. The van der Waals surface area contributed by atoms with Gasteiger partial charge < -0.3 is 9.84 Å². The average molecular weight is 245 g/mol. The molecule has 0 fully saturated rings. The molecule has 0 aliphatic rings. The zero-order valence-electron chi connectivity index (χ0n) is 10.4. The number of ether oxygens (including phenoxy) is 1. The van der Waals surface area contributed by atoms with Gasteiger partial charge in [0, 0.05) is 11.6 Å². The number of carbonyl (C=O) groups is 1. The van der Waals surface area contributed by atoms with Crippen molar-refractivity contribution in [3.8, 4) is 5.75 Å². The fourth-order valence-electron chi connectivity index (χ4n) is 1.87. The predicted molar refractivity (Wildman–Crippen MR) is 68.8 cm³/mol. The number of rotatable bonds is 4. The molecule has 0 atom stereocenters. The molecule has 1 aromatic carbocycles. The number of aliphatic carboxylic acids is 1. The summed E-state index contributed by atoms with van der Waals surface area (Å²) in [5.74, 6) is -0.160. The molecule has 2 rings (SSSR count). The highest BCUT2D eigenvalue weighted by molar-refractivity contribution is 5.90. The van der Waals surface area contributed by atoms with E-state index in [1.807, 2.05) is 19.9 Å². The molecule has 0 saturated carbocycles. The van der Waals surface area contributed by atoms with Gasteiger partial charge in [-0.2, -0.15) is 0 Å². The normalized spacial score (nSPS) is 10.8. The van der Waals surface area contributed by atoms with Crippen molar-refractivity contribution in [2.75, 3.05) is 0 Å². The molecular formula is C14H15NO3. The van der Waals surface area contributed by atoms with Crippen molar-refractivity contribution in [1.82, 2.24) is 4.98 Å². The lowest BCUT2D eigenvalue weighted by Crippen LogP contribution is -2.07. The minimum atomic E-state index is -0.849. The summed E-state index contributed by atoms with van der Waals surface area (Å²) in [6.45, 7) is 3.89. The number of benzene rings is 1. The van der Waals surface area contributed by atoms with Crippen molar-refractivity contribution in [3.05, 3.63) is 36.0 Å². The highest BCUT2D eigenvalue weighted by Crippen LogP contribution is 2.27. The molecule has 0 radical (unpaired) electrons. The van der Waals surface area contributed by atoms with Crippen molar-refractivity contribution < 1.29 is 14.6 Å². The molecule has 2 aromatic rings. The summed E-state index contributed by atoms with van der Waals surface area (Å²) in [4.78, 5) is 15.1. The Morgan fingerprint density at radius 3 is 2.83 bits per heavy atom. The highest BCUT2D eigenvalue weighted by atomic mass is 16.5. The molecule has 1 heterocycles. The van der Waals surface area contributed by atoms with Gasteiger partial charge in [-0.1, -0.05) is 12.1 Å². The summed E-state index contributed by atoms with van der Waals surface area (Å²) in [5, 5.41) is 9.72. The third kappa shape index (κ3) is 2.59. The Morgan fingerprint density at radius 2 is 2.17 bits per heavy atom. The first-order valence-corrected chi connectivity index (χ1v) is 5.83. The topological polar surface area (TPSA) is 59.4 Å². The van der Waals surface area contributed by atoms with Gasteiger partial charge in [0.15, 0.2) is 0 Å². The lowest BCUT2D eigenvalue weighted by Gasteiger charge is -2.13. The molecule has 0 saturated heterocycles. The minimum absolute atomic E-state index is 0.00977. The lowest BCUT2D eigenvalue weighted by atomic mass is 10.0. The summed E-state index contributed by atoms with van der Waals surface area (Å²) in [5.41, 5.74) is 1.46. The van der Waals surface area contributed by atoms with Gasteiger partial charge in [0.05, 0.1) is 12.5 Å². The number of fused-ring (bicyclic) bond motifs is 1. The fourth-order valence-corrected chi connectivity index (χ4v) is 1.87. The van der Waals surface area contributed by atoms with Crippen LogP contribution in [0.1, 0.15) is 19.4 Å². The summed E-state index contributed by atoms with van der Waals surface area (Å²) >= 11 is 0. The van der Waals surface area contributed by atoms with E-state index in [1.54, 1.807) is 24.4 Å². The van der Waals surface area contributed by atoms with Crippen LogP contribution in [0.2, 0.25) is 0 Å². The van der Waals surface area contributed by atoms with Crippen LogP contribution in [0, 0.1) is 0 Å². The molecule has 0 unspecified atom stereocenters. The summed E-state index contributed by atoms with van der Waals surface area (Å²) in [6, 6.07) is 7.24. The van der Waals surface area contributed by atoms with Gasteiger partial charge in [0.1, 0.15) is 11.3 Å². The molecule has 18 heavy (non-hydrogen) atoms. The third-order valence-corrected chi connectivity index (χ3v) is 2.53. The SMILES string of the molecule is CC(C)Oc1ccc(CC(=O)O)c2cccnc12. The molecular weight excluding hydrogens is 230 g/mol. The van der Waals surface area contributed by atoms with Gasteiger partial charge in [-0.25, -0.2) is 0 Å². The Bertz CT molecular complexity index is 578. The monoisotopic (exact) mass is 245 g/mol. The zero-order valence-corrected chi connectivity index (χ0v) is 10.4. The maximum atomic E-state index is 10.8. The zero-order chi connectivity index (χ0) is 13.1. The Kier molecular flexibility index (Phi) is 3.46. The number of hydrogen-bond acceptors (Lipinski definition) is 3. The standard InChI is InChI=1S/C14H15NO3/c1-9(2)18-12-6-5-10(8-13(16)17)11-4-3-7-15-14(11)12/h3-7,9H,8H2,1-2H3,(H,16,17). The van der Waals surface area contributed by atoms with E-state index in [9.17, 15) is 4.79 Å². The molecule has 0 aliphatic carbocycles. The van der Waals surface area contributed by atoms with E-state index < -0.39 is 5.97 Å². The first kappa shape index (κ1) is 12.4. The van der Waals surface area contributed by atoms with Crippen LogP contribution in [0.5, 0.6) is 5.75 Å². The van der Waals surface area contributed by atoms with Crippen molar-refractivity contribution in [2.45, 2.75) is 26.4 Å². The fraction of sp³-hybridized carbons (Fsp3) is 0.286. The second kappa shape index (κ2) is 5.04. The van der Waals surface area contributed by atoms with Crippen LogP contribution >= 0.6 is 0 Å². The molecule has 0 spiro atoms. The van der Waals surface area contributed by atoms with Gasteiger partial charge in [-0.15, -0.1) is 0 Å². The molecule has 4 heteroatoms. The molecule has 0 amide bonds. The summed E-state index contributed by atoms with van der Waals surface area (Å²) < 4.78 is 5.68. The van der Waals surface area contributed by atoms with E-state index in [4.69, 9.17) is 9.84 Å². The predicted octanol–water partition coefficient (Wildman–Crippen LogP) is 2.65. The van der Waals surface area contributed by atoms with Crippen LogP contribution < -0.4 is 4.74 Å². The second-order valence-corrected chi connectivity index (χ2v) is 4.36. The van der Waals surface area contributed by atoms with Crippen molar-refractivity contribution in [1.29, 1.82) is 0 Å². The maximum Gasteiger partial charge on any atom is 0.307 e. The van der Waals surface area contributed by atoms with Gasteiger partial charge in [-0.05, 0) is 31.5 Å². The average Bonchev–Trinajstić information content (AvgIpc) is 2.31. The minimum Gasteiger partial charge on any atom is -0.489 e. The largest absolute Gasteiger partial charge is 0.489 e. The van der Waals surface area contributed by atoms with Crippen LogP contribution in [0.3, 0.4) is 0 Å². The van der Waals surface area contributed by atoms with E-state index in [1.165, 1.54) is 0 Å². The van der Waals surface area contributed by atoms with Crippen molar-refractivity contribution in [2.24, 2.45) is 0 Å². The van der Waals surface area contributed by atoms with E-state index in [2.05, 4.69) is 4.98 Å². The number of aromatic nitrogens is 1. The second-order valence-electron chi connectivity index (χ2n) is 4.36. The number of hydrogen-bond donors (Lipinski definition) is 1. The Labute approximate surface area is 105 Å². The Morgan fingerprint density at radius 1 is 1.39 bits per heavy atom. The summed E-state index contributed by atoms with van der Waals surface area (Å²) in [6.07, 6.45) is 1.73. The van der Waals surface area contributed by atoms with Crippen LogP contribution in [0.25, 0.3) is 10.9 Å². The van der Waals surface area contributed by atoms with Crippen LogP contribution in [0.15, 0.2) is 30.5 Å². The van der Waals surface area contributed by atoms with Gasteiger partial charge in [0.25, 0.3) is 0 Å². The van der Waals surface area contributed by atoms with Crippen LogP contribution in [0.4, 0.5) is 0 Å². The van der Waals surface area contributed by atoms with Crippen LogP contribution in [-0.2, 0) is 11.2 Å². The maximum absolute atomic E-state index is 10.8. The van der Waals surface area contributed by atoms with Gasteiger partial charge in [0.2, 0.25) is 0 Å². The van der Waals surface area contributed by atoms with E-state index in [0.29, 0.717) is 11.3 Å². The summed E-state index contributed by atoms with van der Waals surface area (Å²) in [7, 11) is 0. The number of carboxylic acids is 1. The van der Waals surface area contributed by atoms with E-state index in [0.717, 1.165) is 10.9 Å². The van der Waals surface area contributed by atoms with Crippen molar-refractivity contribution >= 4 is 16.9 Å². The van der Waals surface area contributed by atoms with Gasteiger partial charge in [-0.3, -0.25) is 9.78 Å². The number of pyridine rings is 1. The lowest BCUT2D eigenvalue weighted by molar-refractivity contribution is -0.136. The quantitative estimate of drug-likeness (QED) is 0.899. The van der Waals surface area contributed by atoms with Crippen LogP contribution in [-0.4, -0.2) is 22.2 Å². The number of nitrogens with zero attached hydrogens (tertiary/aromatic N) is 1. The smallest absolute Gasteiger partial charge is 0.307 e. The first-order chi connectivity index (χ1) is 8.58. The Balaban J connectivity index is 2.54. The number of carboxylic acid groups (broad SMARTS) is 1. The molecule has 0 bridgehead atoms. The molecule has 94 valence electrons. The molecule has 0 aliphatic heterocycles. The van der Waals surface area contributed by atoms with E-state index >= 15 is 0 Å². The highest BCUT2D eigenvalue weighted by Gasteiger charge is 2.11. The Hall–Kier alpha value is -2.10. The van der Waals surface area contributed by atoms with E-state index in [-0.39, 0.29) is 12.5 Å². The molecule has 4 nitrogen and oxygen atoms in total. The van der Waals surface area contributed by atoms with Crippen molar-refractivity contribution in [3.63, 3.8) is 0 Å².